The lowest BCUT2D eigenvalue weighted by atomic mass is 9.66. The first-order chi connectivity index (χ1) is 12.2. The van der Waals surface area contributed by atoms with Gasteiger partial charge in [-0.05, 0) is 37.0 Å². The van der Waals surface area contributed by atoms with E-state index in [9.17, 15) is 9.90 Å². The Kier molecular flexibility index (Phi) is 4.34. The van der Waals surface area contributed by atoms with Crippen molar-refractivity contribution in [1.82, 2.24) is 4.90 Å². The van der Waals surface area contributed by atoms with Gasteiger partial charge in [-0.1, -0.05) is 61.4 Å². The second kappa shape index (κ2) is 6.64. The molecule has 130 valence electrons. The lowest BCUT2D eigenvalue weighted by molar-refractivity contribution is -0.110. The number of aliphatic hydroxyl groups is 1. The van der Waals surface area contributed by atoms with Crippen LogP contribution in [0.5, 0.6) is 0 Å². The summed E-state index contributed by atoms with van der Waals surface area (Å²) in [5.74, 6) is 0.220. The van der Waals surface area contributed by atoms with Crippen molar-refractivity contribution in [3.63, 3.8) is 0 Å². The van der Waals surface area contributed by atoms with E-state index >= 15 is 0 Å². The van der Waals surface area contributed by atoms with Gasteiger partial charge in [0.1, 0.15) is 0 Å². The molecular formula is C22H25NO2. The van der Waals surface area contributed by atoms with Gasteiger partial charge >= 0.3 is 0 Å². The Balaban J connectivity index is 1.66. The number of piperidine rings is 1. The van der Waals surface area contributed by atoms with Gasteiger partial charge in [0.2, 0.25) is 0 Å². The minimum Gasteiger partial charge on any atom is -0.385 e. The third-order valence-electron chi connectivity index (χ3n) is 6.03. The van der Waals surface area contributed by atoms with Crippen LogP contribution >= 0.6 is 0 Å². The zero-order valence-electron chi connectivity index (χ0n) is 14.5. The molecule has 2 aromatic rings. The summed E-state index contributed by atoms with van der Waals surface area (Å²) in [5, 5.41) is 11.6. The Morgan fingerprint density at radius 3 is 2.32 bits per heavy atom. The van der Waals surface area contributed by atoms with Crippen molar-refractivity contribution >= 4 is 5.91 Å². The Morgan fingerprint density at radius 1 is 0.960 bits per heavy atom. The molecule has 3 heteroatoms. The monoisotopic (exact) mass is 335 g/mol. The van der Waals surface area contributed by atoms with E-state index in [0.717, 1.165) is 36.8 Å². The van der Waals surface area contributed by atoms with E-state index in [1.165, 1.54) is 0 Å². The molecule has 1 saturated carbocycles. The third kappa shape index (κ3) is 2.87. The Bertz CT molecular complexity index is 730. The average Bonchev–Trinajstić information content (AvgIpc) is 2.69. The lowest BCUT2D eigenvalue weighted by Crippen LogP contribution is -2.58. The van der Waals surface area contributed by atoms with E-state index < -0.39 is 5.60 Å². The quantitative estimate of drug-likeness (QED) is 0.902. The predicted octanol–water partition coefficient (Wildman–Crippen LogP) is 3.98. The van der Waals surface area contributed by atoms with Crippen LogP contribution in [0.2, 0.25) is 0 Å². The summed E-state index contributed by atoms with van der Waals surface area (Å²) in [6, 6.07) is 19.7. The maximum Gasteiger partial charge on any atom is 0.254 e. The fraction of sp³-hybridized carbons (Fsp3) is 0.409. The Hall–Kier alpha value is -2.13. The molecule has 4 rings (SSSR count). The highest BCUT2D eigenvalue weighted by molar-refractivity contribution is 5.94. The first-order valence-corrected chi connectivity index (χ1v) is 9.34. The van der Waals surface area contributed by atoms with E-state index in [-0.39, 0.29) is 17.9 Å². The summed E-state index contributed by atoms with van der Waals surface area (Å²) in [5.41, 5.74) is 0.926. The normalized spacial score (nSPS) is 29.1. The zero-order valence-corrected chi connectivity index (χ0v) is 14.5. The molecule has 2 fully saturated rings. The van der Waals surface area contributed by atoms with Crippen LogP contribution in [0.25, 0.3) is 0 Å². The van der Waals surface area contributed by atoms with Crippen LogP contribution < -0.4 is 0 Å². The van der Waals surface area contributed by atoms with Crippen LogP contribution in [0.4, 0.5) is 0 Å². The van der Waals surface area contributed by atoms with E-state index in [1.54, 1.807) is 0 Å². The summed E-state index contributed by atoms with van der Waals surface area (Å²) in [6.07, 6.45) is 4.83. The number of hydrogen-bond acceptors (Lipinski definition) is 2. The molecule has 0 bridgehead atoms. The first kappa shape index (κ1) is 16.3. The van der Waals surface area contributed by atoms with Crippen molar-refractivity contribution in [2.75, 3.05) is 6.54 Å². The van der Waals surface area contributed by atoms with E-state index in [0.29, 0.717) is 13.0 Å². The molecule has 3 nitrogen and oxygen atoms in total. The highest BCUT2D eigenvalue weighted by atomic mass is 16.3. The standard InChI is InChI=1S/C22H25NO2/c24-21(17-9-3-1-4-10-17)23-16-15-22(25,18-11-5-2-6-12-18)19-13-7-8-14-20(19)23/h1-6,9-12,19-20,25H,7-8,13-16H2/t19-,20-,22+/m0/s1. The smallest absolute Gasteiger partial charge is 0.254 e. The van der Waals surface area contributed by atoms with Gasteiger partial charge in [0.25, 0.3) is 5.91 Å². The summed E-state index contributed by atoms with van der Waals surface area (Å²) in [6.45, 7) is 0.611. The van der Waals surface area contributed by atoms with Gasteiger partial charge in [0, 0.05) is 24.1 Å². The van der Waals surface area contributed by atoms with E-state index in [2.05, 4.69) is 0 Å². The minimum atomic E-state index is -0.820. The number of rotatable bonds is 2. The Morgan fingerprint density at radius 2 is 1.60 bits per heavy atom. The van der Waals surface area contributed by atoms with Crippen LogP contribution in [0.1, 0.15) is 48.0 Å². The highest BCUT2D eigenvalue weighted by Gasteiger charge is 2.50. The van der Waals surface area contributed by atoms with Crippen molar-refractivity contribution in [2.45, 2.75) is 43.7 Å². The molecule has 1 N–H and O–H groups in total. The van der Waals surface area contributed by atoms with Gasteiger partial charge in [-0.25, -0.2) is 0 Å². The largest absolute Gasteiger partial charge is 0.385 e. The van der Waals surface area contributed by atoms with E-state index in [4.69, 9.17) is 0 Å². The van der Waals surface area contributed by atoms with Gasteiger partial charge < -0.3 is 10.0 Å². The molecule has 1 heterocycles. The molecule has 0 unspecified atom stereocenters. The van der Waals surface area contributed by atoms with Crippen molar-refractivity contribution in [1.29, 1.82) is 0 Å². The van der Waals surface area contributed by atoms with Gasteiger partial charge in [0.05, 0.1) is 5.60 Å². The molecule has 2 aromatic carbocycles. The fourth-order valence-corrected chi connectivity index (χ4v) is 4.77. The lowest BCUT2D eigenvalue weighted by Gasteiger charge is -2.52. The van der Waals surface area contributed by atoms with Crippen LogP contribution in [0.3, 0.4) is 0 Å². The average molecular weight is 335 g/mol. The van der Waals surface area contributed by atoms with Crippen LogP contribution in [0.15, 0.2) is 60.7 Å². The molecule has 1 aliphatic carbocycles. The van der Waals surface area contributed by atoms with Crippen molar-refractivity contribution in [2.24, 2.45) is 5.92 Å². The maximum atomic E-state index is 13.0. The minimum absolute atomic E-state index is 0.104. The number of benzene rings is 2. The van der Waals surface area contributed by atoms with Crippen molar-refractivity contribution < 1.29 is 9.90 Å². The number of carbonyl (C=O) groups is 1. The SMILES string of the molecule is O=C(c1ccccc1)N1CC[C@@](O)(c2ccccc2)[C@H]2CCCC[C@@H]21. The number of amides is 1. The molecule has 0 radical (unpaired) electrons. The number of fused-ring (bicyclic) bond motifs is 1. The molecule has 1 amide bonds. The van der Waals surface area contributed by atoms with Gasteiger partial charge in [-0.2, -0.15) is 0 Å². The Labute approximate surface area is 149 Å². The first-order valence-electron chi connectivity index (χ1n) is 9.34. The highest BCUT2D eigenvalue weighted by Crippen LogP contribution is 2.47. The van der Waals surface area contributed by atoms with Crippen molar-refractivity contribution in [3.05, 3.63) is 71.8 Å². The molecule has 2 aliphatic rings. The maximum absolute atomic E-state index is 13.0. The molecule has 1 saturated heterocycles. The predicted molar refractivity (Wildman–Crippen MR) is 98.2 cm³/mol. The van der Waals surface area contributed by atoms with Crippen LogP contribution in [-0.4, -0.2) is 28.5 Å². The van der Waals surface area contributed by atoms with Gasteiger partial charge in [-0.15, -0.1) is 0 Å². The second-order valence-corrected chi connectivity index (χ2v) is 7.36. The molecule has 0 aromatic heterocycles. The number of carbonyl (C=O) groups excluding carboxylic acids is 1. The number of nitrogens with zero attached hydrogens (tertiary/aromatic N) is 1. The molecule has 3 atom stereocenters. The summed E-state index contributed by atoms with van der Waals surface area (Å²) in [4.78, 5) is 15.1. The van der Waals surface area contributed by atoms with Crippen LogP contribution in [-0.2, 0) is 5.60 Å². The molecule has 25 heavy (non-hydrogen) atoms. The second-order valence-electron chi connectivity index (χ2n) is 7.36. The zero-order chi connectivity index (χ0) is 17.3. The van der Waals surface area contributed by atoms with E-state index in [1.807, 2.05) is 65.6 Å². The fourth-order valence-electron chi connectivity index (χ4n) is 4.77. The molecule has 1 aliphatic heterocycles. The summed E-state index contributed by atoms with van der Waals surface area (Å²) >= 11 is 0. The topological polar surface area (TPSA) is 40.5 Å². The molecule has 0 spiro atoms. The number of hydrogen-bond donors (Lipinski definition) is 1. The van der Waals surface area contributed by atoms with Crippen molar-refractivity contribution in [3.8, 4) is 0 Å². The number of likely N-dealkylation sites (tertiary alicyclic amines) is 1. The van der Waals surface area contributed by atoms with Crippen LogP contribution in [0, 0.1) is 5.92 Å². The van der Waals surface area contributed by atoms with Gasteiger partial charge in [-0.3, -0.25) is 4.79 Å². The molecular weight excluding hydrogens is 310 g/mol. The summed E-state index contributed by atoms with van der Waals surface area (Å²) < 4.78 is 0. The third-order valence-corrected chi connectivity index (χ3v) is 6.03. The van der Waals surface area contributed by atoms with Gasteiger partial charge in [0.15, 0.2) is 0 Å². The summed E-state index contributed by atoms with van der Waals surface area (Å²) in [7, 11) is 0.